The van der Waals surface area contributed by atoms with Gasteiger partial charge in [-0.15, -0.1) is 14.8 Å². The van der Waals surface area contributed by atoms with Crippen LogP contribution in [0, 0.1) is 0 Å². The Kier molecular flexibility index (Phi) is 3.51. The number of rotatable bonds is 5. The minimum absolute atomic E-state index is 0.626. The number of fused-ring (bicyclic) bond motifs is 1. The first-order valence-corrected chi connectivity index (χ1v) is 6.46. The van der Waals surface area contributed by atoms with Gasteiger partial charge in [-0.2, -0.15) is 0 Å². The van der Waals surface area contributed by atoms with Crippen LogP contribution >= 0.6 is 0 Å². The molecular formula is C13H15N7. The van der Waals surface area contributed by atoms with Crippen molar-refractivity contribution < 1.29 is 0 Å². The van der Waals surface area contributed by atoms with Gasteiger partial charge in [0, 0.05) is 12.2 Å². The van der Waals surface area contributed by atoms with Crippen molar-refractivity contribution >= 4 is 17.2 Å². The lowest BCUT2D eigenvalue weighted by Crippen LogP contribution is -2.22. The number of hydrogen-bond acceptors (Lipinski definition) is 6. The zero-order valence-corrected chi connectivity index (χ0v) is 10.9. The van der Waals surface area contributed by atoms with E-state index < -0.39 is 0 Å². The molecule has 0 bridgehead atoms. The topological polar surface area (TPSA) is 85.2 Å². The van der Waals surface area contributed by atoms with Gasteiger partial charge >= 0.3 is 0 Å². The molecule has 3 aromatic rings. The van der Waals surface area contributed by atoms with Gasteiger partial charge < -0.3 is 10.6 Å². The van der Waals surface area contributed by atoms with Crippen LogP contribution in [0.15, 0.2) is 42.5 Å². The first-order valence-electron chi connectivity index (χ1n) is 6.46. The number of nitrogens with zero attached hydrogens (tertiary/aromatic N) is 6. The third kappa shape index (κ3) is 2.43. The van der Waals surface area contributed by atoms with Crippen LogP contribution in [0.4, 0.5) is 11.5 Å². The lowest BCUT2D eigenvalue weighted by atomic mass is 10.2. The summed E-state index contributed by atoms with van der Waals surface area (Å²) < 4.78 is 1.42. The maximum Gasteiger partial charge on any atom is 0.200 e. The van der Waals surface area contributed by atoms with Crippen molar-refractivity contribution in [3.63, 3.8) is 0 Å². The van der Waals surface area contributed by atoms with E-state index in [1.54, 1.807) is 0 Å². The monoisotopic (exact) mass is 269 g/mol. The molecule has 3 rings (SSSR count). The van der Waals surface area contributed by atoms with E-state index in [9.17, 15) is 0 Å². The number of aromatic nitrogens is 5. The van der Waals surface area contributed by atoms with Crippen LogP contribution in [0.2, 0.25) is 0 Å². The number of para-hydroxylation sites is 1. The SMILES string of the molecule is NCCCN(c1ccccc1)c1ccc2nnnn2n1. The van der Waals surface area contributed by atoms with E-state index in [1.807, 2.05) is 42.5 Å². The molecule has 0 aliphatic carbocycles. The van der Waals surface area contributed by atoms with Gasteiger partial charge in [-0.05, 0) is 47.7 Å². The third-order valence-corrected chi connectivity index (χ3v) is 2.99. The highest BCUT2D eigenvalue weighted by atomic mass is 15.6. The maximum absolute atomic E-state index is 5.62. The van der Waals surface area contributed by atoms with E-state index in [1.165, 1.54) is 4.63 Å². The summed E-state index contributed by atoms with van der Waals surface area (Å²) >= 11 is 0. The molecule has 0 fully saturated rings. The summed E-state index contributed by atoms with van der Waals surface area (Å²) in [4.78, 5) is 2.11. The van der Waals surface area contributed by atoms with Gasteiger partial charge in [0.1, 0.15) is 0 Å². The van der Waals surface area contributed by atoms with Crippen molar-refractivity contribution in [1.29, 1.82) is 0 Å². The Hall–Kier alpha value is -2.54. The van der Waals surface area contributed by atoms with E-state index in [4.69, 9.17) is 5.73 Å². The van der Waals surface area contributed by atoms with E-state index in [0.717, 1.165) is 24.5 Å². The van der Waals surface area contributed by atoms with Crippen molar-refractivity contribution in [2.24, 2.45) is 5.73 Å². The average Bonchev–Trinajstić information content (AvgIpc) is 2.96. The van der Waals surface area contributed by atoms with Crippen LogP contribution < -0.4 is 10.6 Å². The van der Waals surface area contributed by atoms with Crippen LogP contribution in [0.1, 0.15) is 6.42 Å². The van der Waals surface area contributed by atoms with E-state index in [-0.39, 0.29) is 0 Å². The number of benzene rings is 1. The molecule has 7 nitrogen and oxygen atoms in total. The van der Waals surface area contributed by atoms with Crippen molar-refractivity contribution in [2.45, 2.75) is 6.42 Å². The van der Waals surface area contributed by atoms with Gasteiger partial charge in [-0.3, -0.25) is 0 Å². The Morgan fingerprint density at radius 2 is 1.95 bits per heavy atom. The number of tetrazole rings is 1. The summed E-state index contributed by atoms with van der Waals surface area (Å²) in [6, 6.07) is 13.8. The van der Waals surface area contributed by atoms with Gasteiger partial charge in [0.15, 0.2) is 11.5 Å². The molecule has 2 aromatic heterocycles. The molecule has 0 saturated heterocycles. The van der Waals surface area contributed by atoms with E-state index in [0.29, 0.717) is 12.2 Å². The molecule has 0 spiro atoms. The second kappa shape index (κ2) is 5.62. The highest BCUT2D eigenvalue weighted by molar-refractivity contribution is 5.60. The molecule has 0 radical (unpaired) electrons. The molecule has 102 valence electrons. The highest BCUT2D eigenvalue weighted by Crippen LogP contribution is 2.23. The van der Waals surface area contributed by atoms with Crippen molar-refractivity contribution in [2.75, 3.05) is 18.0 Å². The molecule has 0 saturated carbocycles. The summed E-state index contributed by atoms with van der Waals surface area (Å²) in [5, 5.41) is 15.7. The van der Waals surface area contributed by atoms with Crippen molar-refractivity contribution in [3.8, 4) is 0 Å². The smallest absolute Gasteiger partial charge is 0.200 e. The molecule has 2 heterocycles. The molecule has 7 heteroatoms. The maximum atomic E-state index is 5.62. The van der Waals surface area contributed by atoms with Gasteiger partial charge in [-0.25, -0.2) is 0 Å². The summed E-state index contributed by atoms with van der Waals surface area (Å²) in [5.41, 5.74) is 7.32. The second-order valence-electron chi connectivity index (χ2n) is 4.35. The zero-order valence-electron chi connectivity index (χ0n) is 10.9. The predicted octanol–water partition coefficient (Wildman–Crippen LogP) is 1.01. The fourth-order valence-corrected chi connectivity index (χ4v) is 2.02. The molecule has 20 heavy (non-hydrogen) atoms. The standard InChI is InChI=1S/C13H15N7/c14-9-4-10-19(11-5-2-1-3-6-11)13-8-7-12-15-17-18-20(12)16-13/h1-3,5-8H,4,9-10,14H2. The first-order chi connectivity index (χ1) is 9.88. The van der Waals surface area contributed by atoms with Gasteiger partial charge in [0.2, 0.25) is 0 Å². The summed E-state index contributed by atoms with van der Waals surface area (Å²) in [7, 11) is 0. The first kappa shape index (κ1) is 12.5. The van der Waals surface area contributed by atoms with E-state index >= 15 is 0 Å². The largest absolute Gasteiger partial charge is 0.330 e. The Balaban J connectivity index is 1.99. The fourth-order valence-electron chi connectivity index (χ4n) is 2.02. The average molecular weight is 269 g/mol. The third-order valence-electron chi connectivity index (χ3n) is 2.99. The van der Waals surface area contributed by atoms with Crippen LogP contribution in [0.25, 0.3) is 5.65 Å². The fraction of sp³-hybridized carbons (Fsp3) is 0.231. The molecule has 0 aliphatic rings. The molecule has 2 N–H and O–H groups in total. The quantitative estimate of drug-likeness (QED) is 0.744. The second-order valence-corrected chi connectivity index (χ2v) is 4.35. The van der Waals surface area contributed by atoms with Crippen molar-refractivity contribution in [1.82, 2.24) is 25.3 Å². The molecule has 0 atom stereocenters. The lowest BCUT2D eigenvalue weighted by Gasteiger charge is -2.23. The summed E-state index contributed by atoms with van der Waals surface area (Å²) in [5.74, 6) is 0.796. The molecule has 1 aromatic carbocycles. The van der Waals surface area contributed by atoms with Crippen LogP contribution in [-0.4, -0.2) is 38.3 Å². The number of anilines is 2. The molecule has 0 amide bonds. The highest BCUT2D eigenvalue weighted by Gasteiger charge is 2.11. The van der Waals surface area contributed by atoms with Crippen LogP contribution in [0.5, 0.6) is 0 Å². The number of hydrogen-bond donors (Lipinski definition) is 1. The Morgan fingerprint density at radius 1 is 1.10 bits per heavy atom. The predicted molar refractivity (Wildman–Crippen MR) is 75.7 cm³/mol. The minimum Gasteiger partial charge on any atom is -0.330 e. The lowest BCUT2D eigenvalue weighted by molar-refractivity contribution is 0.719. The van der Waals surface area contributed by atoms with Crippen molar-refractivity contribution in [3.05, 3.63) is 42.5 Å². The molecule has 0 aliphatic heterocycles. The Bertz CT molecular complexity index is 679. The Labute approximate surface area is 116 Å². The van der Waals surface area contributed by atoms with Gasteiger partial charge in [0.25, 0.3) is 0 Å². The van der Waals surface area contributed by atoms with E-state index in [2.05, 4.69) is 25.5 Å². The van der Waals surface area contributed by atoms with Gasteiger partial charge in [-0.1, -0.05) is 18.2 Å². The zero-order chi connectivity index (χ0) is 13.8. The molecular weight excluding hydrogens is 254 g/mol. The molecule has 0 unspecified atom stereocenters. The van der Waals surface area contributed by atoms with Crippen LogP contribution in [0.3, 0.4) is 0 Å². The van der Waals surface area contributed by atoms with Crippen LogP contribution in [-0.2, 0) is 0 Å². The Morgan fingerprint density at radius 3 is 2.75 bits per heavy atom. The summed E-state index contributed by atoms with van der Waals surface area (Å²) in [6.07, 6.45) is 0.879. The summed E-state index contributed by atoms with van der Waals surface area (Å²) in [6.45, 7) is 1.43. The number of nitrogens with two attached hydrogens (primary N) is 1. The normalized spacial score (nSPS) is 10.8. The minimum atomic E-state index is 0.626. The van der Waals surface area contributed by atoms with Gasteiger partial charge in [0.05, 0.1) is 0 Å².